The van der Waals surface area contributed by atoms with Crippen LogP contribution in [0.15, 0.2) is 12.2 Å². The summed E-state index contributed by atoms with van der Waals surface area (Å²) in [5.41, 5.74) is 0. The fourth-order valence-electron chi connectivity index (χ4n) is 11.8. The van der Waals surface area contributed by atoms with Gasteiger partial charge in [-0.05, 0) is 19.3 Å². The number of carbonyl (C=O) groups excluding carboxylic acids is 3. The molecule has 4 aliphatic rings. The number of hydrogen-bond acceptors (Lipinski definition) is 23. The maximum absolute atomic E-state index is 13.4. The monoisotopic (exact) mass is 1270 g/mol. The highest BCUT2D eigenvalue weighted by Gasteiger charge is 2.57. The van der Waals surface area contributed by atoms with Crippen LogP contribution in [0.25, 0.3) is 0 Å². The van der Waals surface area contributed by atoms with Crippen molar-refractivity contribution in [1.82, 2.24) is 16.0 Å². The third kappa shape index (κ3) is 25.7. The Morgan fingerprint density at radius 2 is 0.830 bits per heavy atom. The number of aliphatic hydroxyl groups excluding tert-OH is 12. The van der Waals surface area contributed by atoms with E-state index in [9.17, 15) is 75.7 Å². The van der Waals surface area contributed by atoms with Crippen molar-refractivity contribution >= 4 is 17.7 Å². The molecule has 22 atom stereocenters. The molecule has 4 aliphatic heterocycles. The lowest BCUT2D eigenvalue weighted by Crippen LogP contribution is -2.70. The molecular weight excluding hydrogens is 1150 g/mol. The van der Waals surface area contributed by atoms with Gasteiger partial charge in [-0.1, -0.05) is 167 Å². The Balaban J connectivity index is 1.49. The Bertz CT molecular complexity index is 1920. The maximum atomic E-state index is 13.4. The molecule has 0 bridgehead atoms. The molecule has 514 valence electrons. The van der Waals surface area contributed by atoms with Crippen molar-refractivity contribution in [2.24, 2.45) is 0 Å². The molecule has 0 spiro atoms. The highest BCUT2D eigenvalue weighted by molar-refractivity contribution is 5.76. The standard InChI is InChI=1S/C62H113N3O23/c1-5-7-9-11-13-15-17-19-21-23-25-27-29-31-41(72)40(65-46(73)32-30-28-26-24-22-20-18-16-14-12-10-8-6-2)37-81-61-54(79)53(78)56(44(35-68)84-61)86-62-55(80)58(88-60-48(64-39(4)71)52(77)50(75)43(34-67)83-60)57(45(36-69)85-62)87-59-47(63-38(3)70)51(76)49(74)42(33-66)82-59/h29,31,40-45,47-62,66-69,72,74-80H,5-28,30,32-37H2,1-4H3,(H,63,70)(H,64,71)(H,65,73)/b31-29+/t40-,41+,42?,43?,44?,45?,47?,48?,49-,50+,51+,52+,53+,54?,55?,56+,57-,58+,59-,60-,61+,62-/m0/s1. The lowest BCUT2D eigenvalue weighted by atomic mass is 9.94. The zero-order valence-electron chi connectivity index (χ0n) is 52.6. The first-order valence-corrected chi connectivity index (χ1v) is 32.9. The number of unbranched alkanes of at least 4 members (excludes halogenated alkanes) is 23. The molecule has 0 aromatic rings. The Labute approximate surface area is 520 Å². The topological polar surface area (TPSA) is 404 Å². The fourth-order valence-corrected chi connectivity index (χ4v) is 11.8. The average Bonchev–Trinajstić information content (AvgIpc) is 2.17. The van der Waals surface area contributed by atoms with E-state index in [1.54, 1.807) is 6.08 Å². The van der Waals surface area contributed by atoms with E-state index < -0.39 is 180 Å². The van der Waals surface area contributed by atoms with Gasteiger partial charge in [0, 0.05) is 20.3 Å². The van der Waals surface area contributed by atoms with Crippen LogP contribution in [0.2, 0.25) is 0 Å². The van der Waals surface area contributed by atoms with Crippen LogP contribution in [0.1, 0.15) is 195 Å². The minimum atomic E-state index is -2.18. The summed E-state index contributed by atoms with van der Waals surface area (Å²) in [4.78, 5) is 38.2. The number of carbonyl (C=O) groups is 3. The molecule has 88 heavy (non-hydrogen) atoms. The van der Waals surface area contributed by atoms with Crippen LogP contribution < -0.4 is 16.0 Å². The van der Waals surface area contributed by atoms with Crippen LogP contribution in [0.5, 0.6) is 0 Å². The minimum Gasteiger partial charge on any atom is -0.394 e. The summed E-state index contributed by atoms with van der Waals surface area (Å²) in [7, 11) is 0. The molecule has 4 rings (SSSR count). The van der Waals surface area contributed by atoms with Gasteiger partial charge >= 0.3 is 0 Å². The van der Waals surface area contributed by atoms with Crippen LogP contribution in [0.4, 0.5) is 0 Å². The van der Waals surface area contributed by atoms with E-state index in [-0.39, 0.29) is 12.3 Å². The van der Waals surface area contributed by atoms with Gasteiger partial charge in [-0.2, -0.15) is 0 Å². The summed E-state index contributed by atoms with van der Waals surface area (Å²) in [5, 5.41) is 140. The largest absolute Gasteiger partial charge is 0.394 e. The number of rotatable bonds is 44. The van der Waals surface area contributed by atoms with Crippen molar-refractivity contribution in [2.45, 2.75) is 329 Å². The second kappa shape index (κ2) is 43.3. The first-order valence-electron chi connectivity index (χ1n) is 32.9. The molecule has 0 radical (unpaired) electrons. The Kier molecular flexibility index (Phi) is 38.3. The van der Waals surface area contributed by atoms with E-state index in [2.05, 4.69) is 29.8 Å². The molecule has 4 heterocycles. The van der Waals surface area contributed by atoms with Crippen molar-refractivity contribution in [1.29, 1.82) is 0 Å². The Hall–Kier alpha value is -2.65. The zero-order chi connectivity index (χ0) is 64.5. The van der Waals surface area contributed by atoms with Gasteiger partial charge in [-0.3, -0.25) is 14.4 Å². The molecule has 4 fully saturated rings. The van der Waals surface area contributed by atoms with E-state index in [1.807, 2.05) is 6.08 Å². The molecule has 0 saturated carbocycles. The van der Waals surface area contributed by atoms with Gasteiger partial charge in [-0.25, -0.2) is 0 Å². The molecule has 0 aromatic heterocycles. The summed E-state index contributed by atoms with van der Waals surface area (Å²) >= 11 is 0. The third-order valence-corrected chi connectivity index (χ3v) is 17.0. The SMILES string of the molecule is CCCCCCCCCCCCC/C=C/[C@@H](O)[C@H](CO[C@@H]1OC(CO)[C@@H](O[C@@H]2OC(CO)[C@H](O[C@@H]3OC(CO)[C@H](O)[C@H](O)C3NC(C)=O)[C@H](O[C@@H]3OC(CO)[C@@H](O)[C@H](O)C3NC(C)=O)C2O)[C@H](O)C1O)NC(=O)CCCCCCCCCCCCCCC. The fraction of sp³-hybridized carbons (Fsp3) is 0.919. The quantitative estimate of drug-likeness (QED) is 0.0300. The number of ether oxygens (including phenoxy) is 8. The van der Waals surface area contributed by atoms with E-state index in [4.69, 9.17) is 37.9 Å². The molecule has 0 aromatic carbocycles. The van der Waals surface area contributed by atoms with Crippen LogP contribution in [0, 0.1) is 0 Å². The predicted molar refractivity (Wildman–Crippen MR) is 319 cm³/mol. The van der Waals surface area contributed by atoms with Crippen molar-refractivity contribution in [2.75, 3.05) is 33.0 Å². The van der Waals surface area contributed by atoms with Crippen molar-refractivity contribution in [3.8, 4) is 0 Å². The summed E-state index contributed by atoms with van der Waals surface area (Å²) in [6.07, 6.45) is -1.71. The molecule has 0 aliphatic carbocycles. The average molecular weight is 1270 g/mol. The molecule has 3 amide bonds. The first-order chi connectivity index (χ1) is 42.3. The number of aliphatic hydroxyl groups is 12. The normalized spacial score (nSPS) is 33.5. The lowest BCUT2D eigenvalue weighted by molar-refractivity contribution is -0.391. The zero-order valence-corrected chi connectivity index (χ0v) is 52.6. The molecule has 15 N–H and O–H groups in total. The van der Waals surface area contributed by atoms with Crippen molar-refractivity contribution in [3.63, 3.8) is 0 Å². The molecular formula is C62H113N3O23. The van der Waals surface area contributed by atoms with E-state index >= 15 is 0 Å². The van der Waals surface area contributed by atoms with Crippen LogP contribution >= 0.6 is 0 Å². The van der Waals surface area contributed by atoms with Crippen molar-refractivity contribution in [3.05, 3.63) is 12.2 Å². The highest BCUT2D eigenvalue weighted by atomic mass is 16.8. The molecule has 26 heteroatoms. The van der Waals surface area contributed by atoms with E-state index in [0.717, 1.165) is 58.8 Å². The summed E-state index contributed by atoms with van der Waals surface area (Å²) < 4.78 is 48.1. The molecule has 8 unspecified atom stereocenters. The Morgan fingerprint density at radius 1 is 0.443 bits per heavy atom. The second-order valence-corrected chi connectivity index (χ2v) is 24.3. The van der Waals surface area contributed by atoms with Gasteiger partial charge < -0.3 is 115 Å². The maximum Gasteiger partial charge on any atom is 0.220 e. The van der Waals surface area contributed by atoms with Crippen LogP contribution in [-0.2, 0) is 52.3 Å². The van der Waals surface area contributed by atoms with Crippen LogP contribution in [0.3, 0.4) is 0 Å². The van der Waals surface area contributed by atoms with Gasteiger partial charge in [0.25, 0.3) is 0 Å². The molecule has 4 saturated heterocycles. The number of hydrogen-bond donors (Lipinski definition) is 15. The summed E-state index contributed by atoms with van der Waals surface area (Å²) in [5.74, 6) is -1.80. The minimum absolute atomic E-state index is 0.197. The molecule has 26 nitrogen and oxygen atoms in total. The number of allylic oxidation sites excluding steroid dienone is 1. The highest BCUT2D eigenvalue weighted by Crippen LogP contribution is 2.36. The lowest BCUT2D eigenvalue weighted by Gasteiger charge is -2.51. The second-order valence-electron chi connectivity index (χ2n) is 24.3. The van der Waals surface area contributed by atoms with Gasteiger partial charge in [0.05, 0.1) is 45.2 Å². The van der Waals surface area contributed by atoms with E-state index in [1.165, 1.54) is 103 Å². The number of nitrogens with one attached hydrogen (secondary N) is 3. The van der Waals surface area contributed by atoms with Crippen LogP contribution in [-0.4, -0.2) is 247 Å². The Morgan fingerprint density at radius 3 is 1.27 bits per heavy atom. The van der Waals surface area contributed by atoms with Crippen molar-refractivity contribution < 1.29 is 114 Å². The van der Waals surface area contributed by atoms with E-state index in [0.29, 0.717) is 12.8 Å². The smallest absolute Gasteiger partial charge is 0.220 e. The van der Waals surface area contributed by atoms with Gasteiger partial charge in [0.2, 0.25) is 17.7 Å². The number of amides is 3. The summed E-state index contributed by atoms with van der Waals surface area (Å²) in [6, 6.07) is -4.26. The van der Waals surface area contributed by atoms with Gasteiger partial charge in [0.1, 0.15) is 97.5 Å². The third-order valence-electron chi connectivity index (χ3n) is 17.0. The van der Waals surface area contributed by atoms with Gasteiger partial charge in [-0.15, -0.1) is 0 Å². The predicted octanol–water partition coefficient (Wildman–Crippen LogP) is 1.15. The summed E-state index contributed by atoms with van der Waals surface area (Å²) in [6.45, 7) is 2.51. The first kappa shape index (κ1) is 77.8. The van der Waals surface area contributed by atoms with Gasteiger partial charge in [0.15, 0.2) is 25.2 Å².